The number of halogens is 1. The second-order valence-electron chi connectivity index (χ2n) is 3.59. The van der Waals surface area contributed by atoms with Crippen molar-refractivity contribution in [2.45, 2.75) is 19.3 Å². The van der Waals surface area contributed by atoms with Gasteiger partial charge in [-0.1, -0.05) is 0 Å². The van der Waals surface area contributed by atoms with Crippen molar-refractivity contribution in [2.75, 3.05) is 17.6 Å². The van der Waals surface area contributed by atoms with E-state index in [2.05, 4.69) is 21.2 Å². The Hall–Kier alpha value is -1.23. The number of nitrogen functional groups attached to an aromatic ring is 1. The van der Waals surface area contributed by atoms with Gasteiger partial charge >= 0.3 is 0 Å². The van der Waals surface area contributed by atoms with Crippen LogP contribution in [0.15, 0.2) is 22.7 Å². The van der Waals surface area contributed by atoms with E-state index in [9.17, 15) is 4.79 Å². The summed E-state index contributed by atoms with van der Waals surface area (Å²) < 4.78 is 0.947. The molecule has 0 saturated heterocycles. The number of unbranched alkanes of at least 4 members (excludes halogenated alkanes) is 1. The van der Waals surface area contributed by atoms with Crippen LogP contribution in [0.1, 0.15) is 19.3 Å². The van der Waals surface area contributed by atoms with Gasteiger partial charge in [0, 0.05) is 28.8 Å². The van der Waals surface area contributed by atoms with E-state index >= 15 is 0 Å². The zero-order chi connectivity index (χ0) is 12.0. The maximum atomic E-state index is 10.5. The number of hydrogen-bond acceptors (Lipinski definition) is 3. The number of amides is 1. The summed E-state index contributed by atoms with van der Waals surface area (Å²) in [7, 11) is 0. The topological polar surface area (TPSA) is 81.1 Å². The fraction of sp³-hybridized carbons (Fsp3) is 0.364. The molecule has 16 heavy (non-hydrogen) atoms. The molecule has 1 rings (SSSR count). The average molecular weight is 286 g/mol. The highest BCUT2D eigenvalue weighted by atomic mass is 79.9. The molecule has 5 heteroatoms. The lowest BCUT2D eigenvalue weighted by Crippen LogP contribution is -2.11. The summed E-state index contributed by atoms with van der Waals surface area (Å²) in [4.78, 5) is 10.5. The smallest absolute Gasteiger partial charge is 0.217 e. The molecular weight excluding hydrogens is 270 g/mol. The van der Waals surface area contributed by atoms with Crippen molar-refractivity contribution in [3.8, 4) is 0 Å². The normalized spacial score (nSPS) is 10.1. The Bertz CT molecular complexity index is 368. The summed E-state index contributed by atoms with van der Waals surface area (Å²) in [5, 5.41) is 3.26. The molecule has 0 aromatic heterocycles. The molecule has 0 aliphatic rings. The van der Waals surface area contributed by atoms with Crippen LogP contribution in [-0.2, 0) is 4.79 Å². The van der Waals surface area contributed by atoms with Crippen LogP contribution in [0.5, 0.6) is 0 Å². The second-order valence-corrected chi connectivity index (χ2v) is 4.44. The lowest BCUT2D eigenvalue weighted by atomic mass is 10.2. The van der Waals surface area contributed by atoms with Gasteiger partial charge in [0.1, 0.15) is 0 Å². The number of carbonyl (C=O) groups excluding carboxylic acids is 1. The average Bonchev–Trinajstić information content (AvgIpc) is 2.20. The number of rotatable bonds is 6. The lowest BCUT2D eigenvalue weighted by molar-refractivity contribution is -0.118. The van der Waals surface area contributed by atoms with Crippen molar-refractivity contribution in [3.05, 3.63) is 22.7 Å². The largest absolute Gasteiger partial charge is 0.399 e. The summed E-state index contributed by atoms with van der Waals surface area (Å²) in [6.07, 6.45) is 2.18. The minimum atomic E-state index is -0.242. The Morgan fingerprint density at radius 2 is 2.12 bits per heavy atom. The maximum absolute atomic E-state index is 10.5. The predicted octanol–water partition coefficient (Wildman–Crippen LogP) is 2.10. The molecule has 1 aromatic rings. The minimum absolute atomic E-state index is 0.242. The number of anilines is 2. The van der Waals surface area contributed by atoms with Gasteiger partial charge in [0.15, 0.2) is 0 Å². The van der Waals surface area contributed by atoms with Crippen molar-refractivity contribution in [2.24, 2.45) is 5.73 Å². The summed E-state index contributed by atoms with van der Waals surface area (Å²) in [6.45, 7) is 0.815. The van der Waals surface area contributed by atoms with Gasteiger partial charge in [-0.15, -0.1) is 0 Å². The molecule has 0 aliphatic carbocycles. The van der Waals surface area contributed by atoms with E-state index in [1.807, 2.05) is 18.2 Å². The van der Waals surface area contributed by atoms with Crippen LogP contribution in [0.4, 0.5) is 11.4 Å². The molecule has 4 nitrogen and oxygen atoms in total. The van der Waals surface area contributed by atoms with Crippen molar-refractivity contribution in [3.63, 3.8) is 0 Å². The van der Waals surface area contributed by atoms with Gasteiger partial charge in [-0.2, -0.15) is 0 Å². The molecule has 0 heterocycles. The fourth-order valence-electron chi connectivity index (χ4n) is 1.32. The van der Waals surface area contributed by atoms with E-state index in [0.717, 1.165) is 35.2 Å². The fourth-order valence-corrected chi connectivity index (χ4v) is 1.86. The maximum Gasteiger partial charge on any atom is 0.217 e. The van der Waals surface area contributed by atoms with Gasteiger partial charge < -0.3 is 16.8 Å². The van der Waals surface area contributed by atoms with Crippen LogP contribution >= 0.6 is 15.9 Å². The molecule has 5 N–H and O–H groups in total. The van der Waals surface area contributed by atoms with Crippen molar-refractivity contribution in [1.82, 2.24) is 0 Å². The monoisotopic (exact) mass is 285 g/mol. The van der Waals surface area contributed by atoms with Crippen LogP contribution in [0.2, 0.25) is 0 Å². The van der Waals surface area contributed by atoms with Gasteiger partial charge in [0.2, 0.25) is 5.91 Å². The van der Waals surface area contributed by atoms with Crippen LogP contribution in [0.25, 0.3) is 0 Å². The van der Waals surface area contributed by atoms with Gasteiger partial charge in [-0.25, -0.2) is 0 Å². The summed E-state index contributed by atoms with van der Waals surface area (Å²) in [6, 6.07) is 5.62. The van der Waals surface area contributed by atoms with Crippen LogP contribution in [-0.4, -0.2) is 12.5 Å². The number of nitrogens with one attached hydrogen (secondary N) is 1. The molecule has 88 valence electrons. The van der Waals surface area contributed by atoms with Crippen molar-refractivity contribution in [1.29, 1.82) is 0 Å². The molecule has 1 amide bonds. The second kappa shape index (κ2) is 6.37. The zero-order valence-electron chi connectivity index (χ0n) is 9.00. The third-order valence-corrected chi connectivity index (χ3v) is 2.81. The minimum Gasteiger partial charge on any atom is -0.399 e. The Morgan fingerprint density at radius 1 is 1.38 bits per heavy atom. The standard InChI is InChI=1S/C11H16BrN3O/c12-9-7-8(13)4-5-10(9)15-6-2-1-3-11(14)16/h4-5,7,15H,1-3,6,13H2,(H2,14,16). The molecule has 0 spiro atoms. The lowest BCUT2D eigenvalue weighted by Gasteiger charge is -2.08. The Morgan fingerprint density at radius 3 is 2.75 bits per heavy atom. The zero-order valence-corrected chi connectivity index (χ0v) is 10.6. The van der Waals surface area contributed by atoms with Crippen LogP contribution in [0.3, 0.4) is 0 Å². The molecule has 0 fully saturated rings. The van der Waals surface area contributed by atoms with Crippen LogP contribution in [0, 0.1) is 0 Å². The van der Waals surface area contributed by atoms with Crippen molar-refractivity contribution < 1.29 is 4.79 Å². The number of nitrogens with two attached hydrogens (primary N) is 2. The van der Waals surface area contributed by atoms with E-state index in [1.165, 1.54) is 0 Å². The Labute approximate surface area is 104 Å². The quantitative estimate of drug-likeness (QED) is 0.553. The molecule has 0 bridgehead atoms. The van der Waals surface area contributed by atoms with Crippen molar-refractivity contribution >= 4 is 33.2 Å². The highest BCUT2D eigenvalue weighted by Crippen LogP contribution is 2.24. The summed E-state index contributed by atoms with van der Waals surface area (Å²) in [5.41, 5.74) is 12.4. The summed E-state index contributed by atoms with van der Waals surface area (Å²) >= 11 is 3.42. The number of hydrogen-bond donors (Lipinski definition) is 3. The molecular formula is C11H16BrN3O. The SMILES string of the molecule is NC(=O)CCCCNc1ccc(N)cc1Br. The van der Waals surface area contributed by atoms with Gasteiger partial charge in [-0.3, -0.25) is 4.79 Å². The van der Waals surface area contributed by atoms with Crippen LogP contribution < -0.4 is 16.8 Å². The first-order valence-electron chi connectivity index (χ1n) is 5.17. The first kappa shape index (κ1) is 12.8. The highest BCUT2D eigenvalue weighted by molar-refractivity contribution is 9.10. The van der Waals surface area contributed by atoms with Gasteiger partial charge in [0.05, 0.1) is 0 Å². The number of benzene rings is 1. The number of primary amides is 1. The number of carbonyl (C=O) groups is 1. The van der Waals surface area contributed by atoms with E-state index in [4.69, 9.17) is 11.5 Å². The molecule has 0 unspecified atom stereocenters. The van der Waals surface area contributed by atoms with Gasteiger partial charge in [0.25, 0.3) is 0 Å². The first-order valence-corrected chi connectivity index (χ1v) is 5.96. The van der Waals surface area contributed by atoms with E-state index in [1.54, 1.807) is 0 Å². The summed E-state index contributed by atoms with van der Waals surface area (Å²) in [5.74, 6) is -0.242. The van der Waals surface area contributed by atoms with E-state index < -0.39 is 0 Å². The van der Waals surface area contributed by atoms with Gasteiger partial charge in [-0.05, 0) is 47.0 Å². The molecule has 0 atom stereocenters. The third kappa shape index (κ3) is 4.53. The van der Waals surface area contributed by atoms with E-state index in [-0.39, 0.29) is 5.91 Å². The third-order valence-electron chi connectivity index (χ3n) is 2.16. The Balaban J connectivity index is 2.29. The Kier molecular flexibility index (Phi) is 5.11. The highest BCUT2D eigenvalue weighted by Gasteiger charge is 1.99. The molecule has 1 aromatic carbocycles. The molecule has 0 radical (unpaired) electrons. The predicted molar refractivity (Wildman–Crippen MR) is 70.1 cm³/mol. The molecule has 0 aliphatic heterocycles. The van der Waals surface area contributed by atoms with E-state index in [0.29, 0.717) is 6.42 Å². The first-order chi connectivity index (χ1) is 7.59. The molecule has 0 saturated carbocycles.